The molecule has 0 radical (unpaired) electrons. The van der Waals surface area contributed by atoms with Gasteiger partial charge in [0, 0.05) is 18.6 Å². The van der Waals surface area contributed by atoms with Crippen LogP contribution >= 0.6 is 0 Å². The van der Waals surface area contributed by atoms with E-state index in [0.717, 1.165) is 11.5 Å². The predicted octanol–water partition coefficient (Wildman–Crippen LogP) is 2.03. The highest BCUT2D eigenvalue weighted by atomic mass is 15.0. The van der Waals surface area contributed by atoms with E-state index in [1.807, 2.05) is 14.0 Å². The molecule has 0 aliphatic carbocycles. The number of aromatic nitrogens is 2. The first-order chi connectivity index (χ1) is 5.34. The molecule has 11 heavy (non-hydrogen) atoms. The minimum absolute atomic E-state index is 0.0247. The first-order valence-corrected chi connectivity index (χ1v) is 3.84. The van der Waals surface area contributed by atoms with E-state index in [1.54, 1.807) is 4.57 Å². The molecule has 0 aromatic carbocycles. The Morgan fingerprint density at radius 3 is 2.27 bits per heavy atom. The van der Waals surface area contributed by atoms with E-state index in [0.29, 0.717) is 6.17 Å². The lowest BCUT2D eigenvalue weighted by atomic mass is 9.93. The third kappa shape index (κ3) is 1.62. The summed E-state index contributed by atoms with van der Waals surface area (Å²) in [6.45, 7) is 8.15. The van der Waals surface area contributed by atoms with Gasteiger partial charge in [-0.1, -0.05) is 20.8 Å². The third-order valence-corrected chi connectivity index (χ3v) is 1.74. The summed E-state index contributed by atoms with van der Waals surface area (Å²) in [4.78, 5) is 4.36. The zero-order valence-corrected chi connectivity index (χ0v) is 7.89. The lowest BCUT2D eigenvalue weighted by Crippen LogP contribution is -2.11. The van der Waals surface area contributed by atoms with Crippen LogP contribution < -0.4 is 0 Å². The van der Waals surface area contributed by atoms with Crippen LogP contribution in [0.2, 0.25) is 0 Å². The van der Waals surface area contributed by atoms with Crippen molar-refractivity contribution < 1.29 is 1.37 Å². The van der Waals surface area contributed by atoms with E-state index in [-0.39, 0.29) is 5.41 Å². The summed E-state index contributed by atoms with van der Waals surface area (Å²) < 4.78 is 9.58. The Bertz CT molecular complexity index is 294. The SMILES string of the molecule is [3H]c1c(C(C)(C)C)nc(C)n1C. The van der Waals surface area contributed by atoms with E-state index in [4.69, 9.17) is 1.37 Å². The normalized spacial score (nSPS) is 13.4. The van der Waals surface area contributed by atoms with E-state index < -0.39 is 0 Å². The molecule has 2 heteroatoms. The summed E-state index contributed by atoms with van der Waals surface area (Å²) in [6.07, 6.45) is 0.528. The summed E-state index contributed by atoms with van der Waals surface area (Å²) in [6, 6.07) is 0. The molecular formula is C9H16N2. The number of rotatable bonds is 0. The molecule has 0 saturated heterocycles. The Morgan fingerprint density at radius 1 is 1.55 bits per heavy atom. The van der Waals surface area contributed by atoms with Crippen LogP contribution in [0.25, 0.3) is 0 Å². The molecule has 1 aromatic rings. The molecule has 0 saturated carbocycles. The lowest BCUT2D eigenvalue weighted by Gasteiger charge is -2.13. The van der Waals surface area contributed by atoms with Crippen molar-refractivity contribution in [3.05, 3.63) is 17.7 Å². The van der Waals surface area contributed by atoms with Gasteiger partial charge in [-0.3, -0.25) is 0 Å². The standard InChI is InChI=1S/C9H16N2/c1-7-10-8(6-11(7)5)9(2,3)4/h6H,1-5H3/i6T. The highest BCUT2D eigenvalue weighted by Gasteiger charge is 2.16. The van der Waals surface area contributed by atoms with Crippen molar-refractivity contribution >= 4 is 0 Å². The molecule has 0 aliphatic heterocycles. The Kier molecular flexibility index (Phi) is 1.48. The molecule has 1 rings (SSSR count). The second-order valence-electron chi connectivity index (χ2n) is 3.93. The van der Waals surface area contributed by atoms with Crippen molar-refractivity contribution in [2.24, 2.45) is 7.05 Å². The molecule has 0 bridgehead atoms. The Morgan fingerprint density at radius 2 is 2.09 bits per heavy atom. The van der Waals surface area contributed by atoms with Crippen molar-refractivity contribution in [1.29, 1.82) is 0 Å². The van der Waals surface area contributed by atoms with Gasteiger partial charge in [-0.15, -0.1) is 0 Å². The van der Waals surface area contributed by atoms with Crippen molar-refractivity contribution in [2.75, 3.05) is 0 Å². The van der Waals surface area contributed by atoms with Crippen molar-refractivity contribution in [1.82, 2.24) is 9.55 Å². The summed E-state index contributed by atoms with van der Waals surface area (Å²) in [5.74, 6) is 0.907. The molecule has 0 N–H and O–H groups in total. The monoisotopic (exact) mass is 154 g/mol. The van der Waals surface area contributed by atoms with Gasteiger partial charge < -0.3 is 4.57 Å². The summed E-state index contributed by atoms with van der Waals surface area (Å²) >= 11 is 0. The van der Waals surface area contributed by atoms with Crippen molar-refractivity contribution in [2.45, 2.75) is 33.1 Å². The van der Waals surface area contributed by atoms with Gasteiger partial charge in [0.05, 0.1) is 7.06 Å². The topological polar surface area (TPSA) is 17.8 Å². The van der Waals surface area contributed by atoms with Crippen LogP contribution in [0.5, 0.6) is 0 Å². The molecule has 2 nitrogen and oxygen atoms in total. The average Bonchev–Trinajstić information content (AvgIpc) is 2.15. The van der Waals surface area contributed by atoms with E-state index in [2.05, 4.69) is 25.8 Å². The van der Waals surface area contributed by atoms with Gasteiger partial charge in [-0.05, 0) is 6.92 Å². The molecule has 0 aliphatic rings. The van der Waals surface area contributed by atoms with Crippen LogP contribution in [0.1, 0.15) is 33.7 Å². The maximum atomic E-state index is 7.77. The molecule has 0 fully saturated rings. The third-order valence-electron chi connectivity index (χ3n) is 1.74. The zero-order valence-electron chi connectivity index (χ0n) is 8.89. The smallest absolute Gasteiger partial charge is 0.105 e. The predicted molar refractivity (Wildman–Crippen MR) is 46.6 cm³/mol. The second kappa shape index (κ2) is 2.36. The molecule has 0 amide bonds. The molecule has 1 aromatic heterocycles. The molecular weight excluding hydrogens is 136 g/mol. The van der Waals surface area contributed by atoms with Gasteiger partial charge in [0.2, 0.25) is 0 Å². The fourth-order valence-corrected chi connectivity index (χ4v) is 0.837. The highest BCUT2D eigenvalue weighted by molar-refractivity contribution is 5.11. The first-order valence-electron chi connectivity index (χ1n) is 4.34. The number of imidazole rings is 1. The number of nitrogens with zero attached hydrogens (tertiary/aromatic N) is 2. The minimum Gasteiger partial charge on any atom is -0.338 e. The Hall–Kier alpha value is -0.790. The van der Waals surface area contributed by atoms with Gasteiger partial charge in [0.15, 0.2) is 0 Å². The van der Waals surface area contributed by atoms with E-state index in [9.17, 15) is 0 Å². The van der Waals surface area contributed by atoms with Crippen molar-refractivity contribution in [3.63, 3.8) is 0 Å². The maximum Gasteiger partial charge on any atom is 0.105 e. The second-order valence-corrected chi connectivity index (χ2v) is 3.93. The largest absolute Gasteiger partial charge is 0.338 e. The van der Waals surface area contributed by atoms with Crippen molar-refractivity contribution in [3.8, 4) is 0 Å². The maximum absolute atomic E-state index is 7.77. The molecule has 62 valence electrons. The lowest BCUT2D eigenvalue weighted by molar-refractivity contribution is 0.571. The quantitative estimate of drug-likeness (QED) is 0.559. The van der Waals surface area contributed by atoms with Gasteiger partial charge in [0.25, 0.3) is 0 Å². The Balaban J connectivity index is 3.28. The summed E-state index contributed by atoms with van der Waals surface area (Å²) in [5, 5.41) is 0. The highest BCUT2D eigenvalue weighted by Crippen LogP contribution is 2.20. The van der Waals surface area contributed by atoms with Crippen LogP contribution in [0.4, 0.5) is 0 Å². The van der Waals surface area contributed by atoms with Crippen LogP contribution in [0.15, 0.2) is 6.17 Å². The zero-order chi connectivity index (χ0) is 9.52. The molecule has 0 spiro atoms. The van der Waals surface area contributed by atoms with Crippen LogP contribution in [-0.2, 0) is 12.5 Å². The fraction of sp³-hybridized carbons (Fsp3) is 0.667. The van der Waals surface area contributed by atoms with Gasteiger partial charge in [-0.2, -0.15) is 0 Å². The molecule has 0 atom stereocenters. The van der Waals surface area contributed by atoms with Gasteiger partial charge in [0.1, 0.15) is 5.82 Å². The number of aryl methyl sites for hydroxylation is 1. The van der Waals surface area contributed by atoms with Crippen LogP contribution in [-0.4, -0.2) is 9.55 Å². The minimum atomic E-state index is -0.0247. The van der Waals surface area contributed by atoms with Gasteiger partial charge >= 0.3 is 0 Å². The number of hydrogen-bond donors (Lipinski definition) is 0. The first kappa shape index (κ1) is 6.89. The average molecular weight is 154 g/mol. The summed E-state index contributed by atoms with van der Waals surface area (Å²) in [5.41, 5.74) is 0.853. The number of hydrogen-bond acceptors (Lipinski definition) is 1. The molecule has 0 unspecified atom stereocenters. The summed E-state index contributed by atoms with van der Waals surface area (Å²) in [7, 11) is 1.87. The molecule has 1 heterocycles. The van der Waals surface area contributed by atoms with Crippen LogP contribution in [0, 0.1) is 6.92 Å². The van der Waals surface area contributed by atoms with Crippen LogP contribution in [0.3, 0.4) is 0 Å². The Labute approximate surface area is 69.7 Å². The van der Waals surface area contributed by atoms with E-state index >= 15 is 0 Å². The van der Waals surface area contributed by atoms with E-state index in [1.165, 1.54) is 0 Å². The van der Waals surface area contributed by atoms with Gasteiger partial charge in [-0.25, -0.2) is 4.98 Å². The fourth-order valence-electron chi connectivity index (χ4n) is 0.837.